The van der Waals surface area contributed by atoms with Crippen molar-refractivity contribution in [1.29, 1.82) is 0 Å². The maximum absolute atomic E-state index is 12.3. The minimum absolute atomic E-state index is 0.0188. The molecule has 0 aliphatic carbocycles. The van der Waals surface area contributed by atoms with Gasteiger partial charge in [-0.25, -0.2) is 0 Å². The van der Waals surface area contributed by atoms with Crippen LogP contribution in [-0.2, 0) is 6.42 Å². The number of aromatic nitrogens is 4. The molecule has 0 radical (unpaired) electrons. The largest absolute Gasteiger partial charge is 0.359 e. The minimum Gasteiger partial charge on any atom is -0.359 e. The SMILES string of the molecule is O=C(CSc1nnc(Cc2ccccc2)n1-c1ccc(Cl)cc1)c1ccc[nH]1. The fourth-order valence-electron chi connectivity index (χ4n) is 2.85. The third kappa shape index (κ3) is 4.18. The van der Waals surface area contributed by atoms with Crippen LogP contribution in [0.5, 0.6) is 0 Å². The van der Waals surface area contributed by atoms with Crippen molar-refractivity contribution in [3.8, 4) is 5.69 Å². The van der Waals surface area contributed by atoms with E-state index in [0.29, 0.717) is 22.3 Å². The number of H-pyrrole nitrogens is 1. The number of nitrogens with zero attached hydrogens (tertiary/aromatic N) is 3. The number of hydrogen-bond acceptors (Lipinski definition) is 4. The fraction of sp³-hybridized carbons (Fsp3) is 0.0952. The molecule has 5 nitrogen and oxygen atoms in total. The Morgan fingerprint density at radius 3 is 2.50 bits per heavy atom. The third-order valence-electron chi connectivity index (χ3n) is 4.22. The summed E-state index contributed by atoms with van der Waals surface area (Å²) in [6.45, 7) is 0. The third-order valence-corrected chi connectivity index (χ3v) is 5.40. The lowest BCUT2D eigenvalue weighted by molar-refractivity contribution is 0.101. The molecular weight excluding hydrogens is 392 g/mol. The fourth-order valence-corrected chi connectivity index (χ4v) is 3.83. The number of carbonyl (C=O) groups is 1. The average Bonchev–Trinajstić information content (AvgIpc) is 3.38. The van der Waals surface area contributed by atoms with E-state index >= 15 is 0 Å². The van der Waals surface area contributed by atoms with Crippen LogP contribution in [0.25, 0.3) is 5.69 Å². The van der Waals surface area contributed by atoms with Crippen LogP contribution in [0.15, 0.2) is 78.1 Å². The number of halogens is 1. The number of carbonyl (C=O) groups excluding carboxylic acids is 1. The molecule has 1 N–H and O–H groups in total. The van der Waals surface area contributed by atoms with Gasteiger partial charge >= 0.3 is 0 Å². The topological polar surface area (TPSA) is 63.6 Å². The van der Waals surface area contributed by atoms with Gasteiger partial charge < -0.3 is 4.98 Å². The van der Waals surface area contributed by atoms with Crippen LogP contribution in [0.1, 0.15) is 21.9 Å². The summed E-state index contributed by atoms with van der Waals surface area (Å²) in [5.74, 6) is 1.10. The van der Waals surface area contributed by atoms with Gasteiger partial charge in [0.15, 0.2) is 10.9 Å². The van der Waals surface area contributed by atoms with Crippen molar-refractivity contribution in [1.82, 2.24) is 19.7 Å². The number of hydrogen-bond donors (Lipinski definition) is 1. The van der Waals surface area contributed by atoms with Crippen LogP contribution in [0, 0.1) is 0 Å². The van der Waals surface area contributed by atoms with Crippen LogP contribution in [0.2, 0.25) is 5.02 Å². The molecule has 0 saturated heterocycles. The minimum atomic E-state index is 0.0188. The van der Waals surface area contributed by atoms with Gasteiger partial charge in [-0.05, 0) is 42.0 Å². The van der Waals surface area contributed by atoms with Gasteiger partial charge in [0.2, 0.25) is 0 Å². The molecule has 0 bridgehead atoms. The molecule has 2 aromatic heterocycles. The van der Waals surface area contributed by atoms with Crippen LogP contribution in [-0.4, -0.2) is 31.3 Å². The Morgan fingerprint density at radius 2 is 1.79 bits per heavy atom. The quantitative estimate of drug-likeness (QED) is 0.352. The van der Waals surface area contributed by atoms with Crippen molar-refractivity contribution in [2.75, 3.05) is 5.75 Å². The Kier molecular flexibility index (Phi) is 5.60. The highest BCUT2D eigenvalue weighted by molar-refractivity contribution is 7.99. The first-order valence-electron chi connectivity index (χ1n) is 8.74. The number of rotatable bonds is 7. The summed E-state index contributed by atoms with van der Waals surface area (Å²) in [5.41, 5.74) is 2.65. The van der Waals surface area contributed by atoms with E-state index in [1.807, 2.05) is 53.1 Å². The van der Waals surface area contributed by atoms with Crippen molar-refractivity contribution in [3.63, 3.8) is 0 Å². The van der Waals surface area contributed by atoms with Crippen molar-refractivity contribution in [2.24, 2.45) is 0 Å². The maximum Gasteiger partial charge on any atom is 0.196 e. The Balaban J connectivity index is 1.63. The zero-order valence-electron chi connectivity index (χ0n) is 14.9. The van der Waals surface area contributed by atoms with Crippen molar-refractivity contribution in [2.45, 2.75) is 11.6 Å². The predicted molar refractivity (Wildman–Crippen MR) is 111 cm³/mol. The van der Waals surface area contributed by atoms with Gasteiger partial charge in [0.1, 0.15) is 5.82 Å². The summed E-state index contributed by atoms with van der Waals surface area (Å²) in [7, 11) is 0. The molecule has 0 spiro atoms. The average molecular weight is 409 g/mol. The molecule has 2 aromatic carbocycles. The second kappa shape index (κ2) is 8.46. The molecule has 0 aliphatic heterocycles. The Bertz CT molecular complexity index is 1060. The summed E-state index contributed by atoms with van der Waals surface area (Å²) < 4.78 is 1.98. The van der Waals surface area contributed by atoms with Crippen LogP contribution in [0.3, 0.4) is 0 Å². The molecule has 7 heteroatoms. The molecule has 0 aliphatic rings. The van der Waals surface area contributed by atoms with Gasteiger partial charge in [0, 0.05) is 23.3 Å². The van der Waals surface area contributed by atoms with E-state index < -0.39 is 0 Å². The molecule has 0 unspecified atom stereocenters. The Labute approximate surface area is 171 Å². The second-order valence-corrected chi connectivity index (χ2v) is 7.55. The predicted octanol–water partition coefficient (Wildman–Crippen LogP) is 4.81. The van der Waals surface area contributed by atoms with Gasteiger partial charge in [0.05, 0.1) is 11.4 Å². The highest BCUT2D eigenvalue weighted by atomic mass is 35.5. The van der Waals surface area contributed by atoms with E-state index in [9.17, 15) is 4.79 Å². The van der Waals surface area contributed by atoms with E-state index in [0.717, 1.165) is 17.1 Å². The van der Waals surface area contributed by atoms with Gasteiger partial charge in [-0.2, -0.15) is 0 Å². The van der Waals surface area contributed by atoms with Crippen LogP contribution in [0.4, 0.5) is 0 Å². The number of benzene rings is 2. The molecule has 4 aromatic rings. The van der Waals surface area contributed by atoms with Crippen molar-refractivity contribution in [3.05, 3.63) is 95.0 Å². The highest BCUT2D eigenvalue weighted by Gasteiger charge is 2.17. The van der Waals surface area contributed by atoms with E-state index in [4.69, 9.17) is 11.6 Å². The van der Waals surface area contributed by atoms with Gasteiger partial charge in [0.25, 0.3) is 0 Å². The molecule has 0 amide bonds. The van der Waals surface area contributed by atoms with Crippen LogP contribution >= 0.6 is 23.4 Å². The summed E-state index contributed by atoms with van der Waals surface area (Å²) in [4.78, 5) is 15.3. The lowest BCUT2D eigenvalue weighted by Crippen LogP contribution is -2.06. The molecule has 140 valence electrons. The van der Waals surface area contributed by atoms with Crippen molar-refractivity contribution < 1.29 is 4.79 Å². The normalized spacial score (nSPS) is 10.9. The second-order valence-electron chi connectivity index (χ2n) is 6.17. The Hall–Kier alpha value is -2.83. The maximum atomic E-state index is 12.3. The molecular formula is C21H17ClN4OS. The summed E-state index contributed by atoms with van der Waals surface area (Å²) in [6, 6.07) is 21.2. The van der Waals surface area contributed by atoms with Gasteiger partial charge in [-0.15, -0.1) is 10.2 Å². The number of thioether (sulfide) groups is 1. The molecule has 28 heavy (non-hydrogen) atoms. The van der Waals surface area contributed by atoms with E-state index in [1.54, 1.807) is 12.3 Å². The van der Waals surface area contributed by atoms with Crippen molar-refractivity contribution >= 4 is 29.1 Å². The molecule has 0 atom stereocenters. The molecule has 0 saturated carbocycles. The summed E-state index contributed by atoms with van der Waals surface area (Å²) in [5, 5.41) is 10.1. The lowest BCUT2D eigenvalue weighted by Gasteiger charge is -2.10. The smallest absolute Gasteiger partial charge is 0.196 e. The zero-order valence-corrected chi connectivity index (χ0v) is 16.5. The zero-order chi connectivity index (χ0) is 19.3. The summed E-state index contributed by atoms with van der Waals surface area (Å²) in [6.07, 6.45) is 2.38. The van der Waals surface area contributed by atoms with Crippen LogP contribution < -0.4 is 0 Å². The molecule has 4 rings (SSSR count). The first-order chi connectivity index (χ1) is 13.7. The molecule has 0 fully saturated rings. The summed E-state index contributed by atoms with van der Waals surface area (Å²) >= 11 is 7.42. The van der Waals surface area contributed by atoms with E-state index in [1.165, 1.54) is 11.8 Å². The number of Topliss-reactive ketones (excluding diaryl/α,β-unsaturated/α-hetero) is 1. The highest BCUT2D eigenvalue weighted by Crippen LogP contribution is 2.25. The lowest BCUT2D eigenvalue weighted by atomic mass is 10.1. The van der Waals surface area contributed by atoms with Gasteiger partial charge in [-0.1, -0.05) is 53.7 Å². The first kappa shape index (κ1) is 18.5. The monoisotopic (exact) mass is 408 g/mol. The molecule has 2 heterocycles. The number of aromatic amines is 1. The number of nitrogens with one attached hydrogen (secondary N) is 1. The first-order valence-corrected chi connectivity index (χ1v) is 10.1. The van der Waals surface area contributed by atoms with E-state index in [2.05, 4.69) is 27.3 Å². The van der Waals surface area contributed by atoms with Gasteiger partial charge in [-0.3, -0.25) is 9.36 Å². The van der Waals surface area contributed by atoms with E-state index in [-0.39, 0.29) is 11.5 Å². The standard InChI is InChI=1S/C21H17ClN4OS/c22-16-8-10-17(11-9-16)26-20(13-15-5-2-1-3-6-15)24-25-21(26)28-14-19(27)18-7-4-12-23-18/h1-12,23H,13-14H2. The number of ketones is 1. The Morgan fingerprint density at radius 1 is 1.00 bits per heavy atom.